The number of aromatic amines is 1. The molecular weight excluding hydrogens is 399 g/mol. The molecule has 1 aromatic heterocycles. The first-order valence-electron chi connectivity index (χ1n) is 4.77. The van der Waals surface area contributed by atoms with E-state index in [2.05, 4.69) is 25.9 Å². The van der Waals surface area contributed by atoms with Crippen LogP contribution in [-0.2, 0) is 6.61 Å². The van der Waals surface area contributed by atoms with Crippen LogP contribution >= 0.6 is 38.5 Å². The van der Waals surface area contributed by atoms with Crippen LogP contribution in [0.5, 0.6) is 5.88 Å². The Labute approximate surface area is 120 Å². The summed E-state index contributed by atoms with van der Waals surface area (Å²) >= 11 is 5.28. The first-order valence-corrected chi connectivity index (χ1v) is 6.64. The van der Waals surface area contributed by atoms with Gasteiger partial charge in [-0.05, 0) is 40.3 Å². The normalized spacial score (nSPS) is 10.2. The third kappa shape index (κ3) is 3.29. The monoisotopic (exact) mass is 406 g/mol. The van der Waals surface area contributed by atoms with Crippen molar-refractivity contribution in [1.82, 2.24) is 9.97 Å². The molecule has 0 saturated heterocycles. The predicted octanol–water partition coefficient (Wildman–Crippen LogP) is 2.72. The van der Waals surface area contributed by atoms with E-state index >= 15 is 0 Å². The SMILES string of the molecule is O=c1[nH]cnc(OCc2ccc(Br)cc2)c1I. The molecule has 0 aliphatic heterocycles. The topological polar surface area (TPSA) is 55.0 Å². The molecule has 1 aromatic carbocycles. The molecule has 0 unspecified atom stereocenters. The first-order chi connectivity index (χ1) is 8.16. The Bertz CT molecular complexity index is 568. The number of hydrogen-bond donors (Lipinski definition) is 1. The highest BCUT2D eigenvalue weighted by atomic mass is 127. The van der Waals surface area contributed by atoms with E-state index in [1.54, 1.807) is 0 Å². The van der Waals surface area contributed by atoms with Crippen LogP contribution in [0.1, 0.15) is 5.56 Å². The molecule has 2 aromatic rings. The van der Waals surface area contributed by atoms with Gasteiger partial charge < -0.3 is 9.72 Å². The lowest BCUT2D eigenvalue weighted by atomic mass is 10.2. The van der Waals surface area contributed by atoms with Crippen LogP contribution in [0.3, 0.4) is 0 Å². The maximum atomic E-state index is 11.3. The number of hydrogen-bond acceptors (Lipinski definition) is 3. The number of nitrogens with one attached hydrogen (secondary N) is 1. The number of rotatable bonds is 3. The zero-order valence-electron chi connectivity index (χ0n) is 8.61. The van der Waals surface area contributed by atoms with Crippen molar-refractivity contribution in [3.8, 4) is 5.88 Å². The third-order valence-electron chi connectivity index (χ3n) is 2.05. The van der Waals surface area contributed by atoms with Gasteiger partial charge in [0.2, 0.25) is 5.88 Å². The first kappa shape index (κ1) is 12.6. The van der Waals surface area contributed by atoms with Crippen molar-refractivity contribution in [2.75, 3.05) is 0 Å². The van der Waals surface area contributed by atoms with E-state index in [1.807, 2.05) is 46.9 Å². The molecule has 6 heteroatoms. The van der Waals surface area contributed by atoms with Gasteiger partial charge in [0.25, 0.3) is 5.56 Å². The maximum absolute atomic E-state index is 11.3. The molecule has 0 spiro atoms. The van der Waals surface area contributed by atoms with Gasteiger partial charge in [-0.25, -0.2) is 4.98 Å². The Morgan fingerprint density at radius 3 is 2.76 bits per heavy atom. The van der Waals surface area contributed by atoms with Gasteiger partial charge in [0.15, 0.2) is 0 Å². The van der Waals surface area contributed by atoms with Gasteiger partial charge in [-0.2, -0.15) is 0 Å². The summed E-state index contributed by atoms with van der Waals surface area (Å²) in [4.78, 5) is 17.8. The molecule has 0 bridgehead atoms. The van der Waals surface area contributed by atoms with Crippen LogP contribution in [0.15, 0.2) is 39.9 Å². The van der Waals surface area contributed by atoms with Crippen LogP contribution in [0.25, 0.3) is 0 Å². The summed E-state index contributed by atoms with van der Waals surface area (Å²) in [6.45, 7) is 0.389. The van der Waals surface area contributed by atoms with Gasteiger partial charge in [0.1, 0.15) is 10.2 Å². The number of aromatic nitrogens is 2. The van der Waals surface area contributed by atoms with Crippen molar-refractivity contribution in [1.29, 1.82) is 0 Å². The molecule has 0 aliphatic carbocycles. The molecule has 0 radical (unpaired) electrons. The minimum Gasteiger partial charge on any atom is -0.472 e. The summed E-state index contributed by atoms with van der Waals surface area (Å²) < 4.78 is 6.97. The summed E-state index contributed by atoms with van der Waals surface area (Å²) in [7, 11) is 0. The van der Waals surface area contributed by atoms with Crippen molar-refractivity contribution < 1.29 is 4.74 Å². The van der Waals surface area contributed by atoms with E-state index in [-0.39, 0.29) is 5.56 Å². The number of ether oxygens (including phenoxy) is 1. The molecule has 17 heavy (non-hydrogen) atoms. The second-order valence-corrected chi connectivity index (χ2v) is 5.26. The van der Waals surface area contributed by atoms with Crippen LogP contribution in [0.2, 0.25) is 0 Å². The lowest BCUT2D eigenvalue weighted by Gasteiger charge is -2.06. The summed E-state index contributed by atoms with van der Waals surface area (Å²) in [6.07, 6.45) is 1.33. The molecule has 2 rings (SSSR count). The van der Waals surface area contributed by atoms with Crippen LogP contribution in [-0.4, -0.2) is 9.97 Å². The smallest absolute Gasteiger partial charge is 0.268 e. The summed E-state index contributed by atoms with van der Waals surface area (Å²) in [6, 6.07) is 7.78. The van der Waals surface area contributed by atoms with Crippen LogP contribution in [0, 0.1) is 3.57 Å². The molecule has 0 atom stereocenters. The standard InChI is InChI=1S/C11H8BrIN2O2/c12-8-3-1-7(2-4-8)5-17-11-9(13)10(16)14-6-15-11/h1-4,6H,5H2,(H,14,15,16). The lowest BCUT2D eigenvalue weighted by Crippen LogP contribution is -2.12. The Morgan fingerprint density at radius 2 is 2.06 bits per heavy atom. The van der Waals surface area contributed by atoms with Crippen molar-refractivity contribution >= 4 is 38.5 Å². The third-order valence-corrected chi connectivity index (χ3v) is 3.53. The van der Waals surface area contributed by atoms with E-state index in [9.17, 15) is 4.79 Å². The lowest BCUT2D eigenvalue weighted by molar-refractivity contribution is 0.290. The summed E-state index contributed by atoms with van der Waals surface area (Å²) in [5.41, 5.74) is 0.831. The van der Waals surface area contributed by atoms with E-state index in [0.717, 1.165) is 10.0 Å². The summed E-state index contributed by atoms with van der Waals surface area (Å²) in [5, 5.41) is 0. The fourth-order valence-electron chi connectivity index (χ4n) is 1.20. The molecule has 1 N–H and O–H groups in total. The Kier molecular flexibility index (Phi) is 4.16. The van der Waals surface area contributed by atoms with Crippen LogP contribution < -0.4 is 10.3 Å². The van der Waals surface area contributed by atoms with Crippen molar-refractivity contribution in [3.05, 3.63) is 54.6 Å². The van der Waals surface area contributed by atoms with Crippen molar-refractivity contribution in [2.24, 2.45) is 0 Å². The molecule has 88 valence electrons. The van der Waals surface area contributed by atoms with Gasteiger partial charge in [0, 0.05) is 4.47 Å². The van der Waals surface area contributed by atoms with Crippen LogP contribution in [0.4, 0.5) is 0 Å². The van der Waals surface area contributed by atoms with Gasteiger partial charge in [-0.1, -0.05) is 28.1 Å². The molecular formula is C11H8BrIN2O2. The fourth-order valence-corrected chi connectivity index (χ4v) is 1.91. The molecule has 1 heterocycles. The highest BCUT2D eigenvalue weighted by Crippen LogP contribution is 2.15. The van der Waals surface area contributed by atoms with E-state index in [0.29, 0.717) is 16.1 Å². The van der Waals surface area contributed by atoms with Crippen molar-refractivity contribution in [3.63, 3.8) is 0 Å². The minimum atomic E-state index is -0.189. The predicted molar refractivity (Wildman–Crippen MR) is 76.0 cm³/mol. The zero-order valence-corrected chi connectivity index (χ0v) is 12.4. The quantitative estimate of drug-likeness (QED) is 0.797. The maximum Gasteiger partial charge on any atom is 0.268 e. The van der Waals surface area contributed by atoms with Gasteiger partial charge >= 0.3 is 0 Å². The number of halogens is 2. The van der Waals surface area contributed by atoms with Gasteiger partial charge in [-0.3, -0.25) is 4.79 Å². The Morgan fingerprint density at radius 1 is 1.35 bits per heavy atom. The molecule has 4 nitrogen and oxygen atoms in total. The fraction of sp³-hybridized carbons (Fsp3) is 0.0909. The highest BCUT2D eigenvalue weighted by Gasteiger charge is 2.06. The Balaban J connectivity index is 2.10. The highest BCUT2D eigenvalue weighted by molar-refractivity contribution is 14.1. The molecule has 0 fully saturated rings. The zero-order chi connectivity index (χ0) is 12.3. The number of nitrogens with zero attached hydrogens (tertiary/aromatic N) is 1. The average Bonchev–Trinajstić information content (AvgIpc) is 2.33. The van der Waals surface area contributed by atoms with Crippen molar-refractivity contribution in [2.45, 2.75) is 6.61 Å². The van der Waals surface area contributed by atoms with E-state index < -0.39 is 0 Å². The summed E-state index contributed by atoms with van der Waals surface area (Å²) in [5.74, 6) is 0.359. The molecule has 0 aliphatic rings. The minimum absolute atomic E-state index is 0.189. The largest absolute Gasteiger partial charge is 0.472 e. The van der Waals surface area contributed by atoms with E-state index in [1.165, 1.54) is 6.33 Å². The molecule has 0 amide bonds. The second kappa shape index (κ2) is 5.63. The number of H-pyrrole nitrogens is 1. The van der Waals surface area contributed by atoms with Gasteiger partial charge in [-0.15, -0.1) is 0 Å². The van der Waals surface area contributed by atoms with Gasteiger partial charge in [0.05, 0.1) is 6.33 Å². The number of benzene rings is 1. The second-order valence-electron chi connectivity index (χ2n) is 3.27. The average molecular weight is 407 g/mol. The van der Waals surface area contributed by atoms with E-state index in [4.69, 9.17) is 4.74 Å². The molecule has 0 saturated carbocycles. The Hall–Kier alpha value is -0.890.